The molecule has 0 aliphatic carbocycles. The second-order valence-corrected chi connectivity index (χ2v) is 7.03. The second-order valence-electron chi connectivity index (χ2n) is 6.59. The van der Waals surface area contributed by atoms with Gasteiger partial charge in [-0.25, -0.2) is 0 Å². The fraction of sp³-hybridized carbons (Fsp3) is 0.474. The van der Waals surface area contributed by atoms with Crippen molar-refractivity contribution < 1.29 is 9.32 Å². The third kappa shape index (κ3) is 5.22. The van der Waals surface area contributed by atoms with Crippen LogP contribution in [0.25, 0.3) is 11.4 Å². The van der Waals surface area contributed by atoms with Crippen LogP contribution in [-0.4, -0.2) is 59.6 Å². The first-order valence-electron chi connectivity index (χ1n) is 9.42. The normalized spacial score (nSPS) is 17.0. The molecule has 1 aliphatic rings. The smallest absolute Gasteiger partial charge is 0.228 e. The van der Waals surface area contributed by atoms with Crippen molar-refractivity contribution in [3.8, 4) is 11.4 Å². The Morgan fingerprint density at radius 2 is 2.32 bits per heavy atom. The number of hydrogen-bond acceptors (Lipinski definition) is 5. The van der Waals surface area contributed by atoms with Crippen LogP contribution in [-0.2, 0) is 11.2 Å². The minimum absolute atomic E-state index is 0.194. The van der Waals surface area contributed by atoms with Crippen LogP contribution < -0.4 is 10.6 Å². The Morgan fingerprint density at radius 1 is 1.46 bits per heavy atom. The number of likely N-dealkylation sites (tertiary alicyclic amines) is 1. The molecule has 1 unspecified atom stereocenters. The average molecular weight is 405 g/mol. The third-order valence-electron chi connectivity index (χ3n) is 4.59. The molecule has 2 aromatic rings. The Balaban J connectivity index is 1.46. The van der Waals surface area contributed by atoms with Crippen molar-refractivity contribution in [2.24, 2.45) is 4.99 Å². The molecule has 9 heteroatoms. The van der Waals surface area contributed by atoms with E-state index >= 15 is 0 Å². The Morgan fingerprint density at radius 3 is 3.07 bits per heavy atom. The lowest BCUT2D eigenvalue weighted by Gasteiger charge is -2.18. The van der Waals surface area contributed by atoms with Gasteiger partial charge in [0.05, 0.1) is 0 Å². The van der Waals surface area contributed by atoms with E-state index in [0.717, 1.165) is 18.5 Å². The molecule has 0 radical (unpaired) electrons. The van der Waals surface area contributed by atoms with E-state index in [0.29, 0.717) is 48.6 Å². The fourth-order valence-electron chi connectivity index (χ4n) is 3.11. The minimum Gasteiger partial charge on any atom is -0.356 e. The summed E-state index contributed by atoms with van der Waals surface area (Å²) in [6.07, 6.45) is 2.03. The van der Waals surface area contributed by atoms with Crippen LogP contribution in [0.5, 0.6) is 0 Å². The minimum atomic E-state index is 0.194. The molecule has 28 heavy (non-hydrogen) atoms. The molecule has 150 valence electrons. The van der Waals surface area contributed by atoms with E-state index in [1.165, 1.54) is 0 Å². The van der Waals surface area contributed by atoms with E-state index < -0.39 is 0 Å². The van der Waals surface area contributed by atoms with Crippen LogP contribution in [0.3, 0.4) is 0 Å². The number of amides is 1. The summed E-state index contributed by atoms with van der Waals surface area (Å²) in [5.41, 5.74) is 0.820. The van der Waals surface area contributed by atoms with Crippen molar-refractivity contribution in [3.05, 3.63) is 35.2 Å². The van der Waals surface area contributed by atoms with Gasteiger partial charge in [-0.05, 0) is 18.6 Å². The molecule has 1 aromatic carbocycles. The van der Waals surface area contributed by atoms with Gasteiger partial charge in [-0.2, -0.15) is 4.98 Å². The van der Waals surface area contributed by atoms with Crippen LogP contribution >= 0.6 is 11.6 Å². The van der Waals surface area contributed by atoms with Crippen molar-refractivity contribution in [3.63, 3.8) is 0 Å². The number of aromatic nitrogens is 2. The highest BCUT2D eigenvalue weighted by molar-refractivity contribution is 6.30. The Hall–Kier alpha value is -2.61. The average Bonchev–Trinajstić information content (AvgIpc) is 3.36. The van der Waals surface area contributed by atoms with Crippen molar-refractivity contribution in [2.75, 3.05) is 26.7 Å². The third-order valence-corrected chi connectivity index (χ3v) is 4.83. The molecule has 0 bridgehead atoms. The fourth-order valence-corrected chi connectivity index (χ4v) is 3.30. The highest BCUT2D eigenvalue weighted by Gasteiger charge is 2.25. The van der Waals surface area contributed by atoms with Gasteiger partial charge in [-0.1, -0.05) is 35.8 Å². The standard InChI is InChI=1S/C19H25ClN6O2/c1-3-17(27)26-10-8-15(12-26)23-19(21-2)22-9-7-16-24-18(25-28-16)13-5-4-6-14(20)11-13/h4-6,11,15H,3,7-10,12H2,1-2H3,(H2,21,22,23). The maximum atomic E-state index is 11.8. The summed E-state index contributed by atoms with van der Waals surface area (Å²) in [5.74, 6) is 1.95. The number of carbonyl (C=O) groups excluding carboxylic acids is 1. The number of guanidine groups is 1. The number of rotatable bonds is 6. The predicted octanol–water partition coefficient (Wildman–Crippen LogP) is 2.11. The van der Waals surface area contributed by atoms with Gasteiger partial charge >= 0.3 is 0 Å². The Kier molecular flexibility index (Phi) is 6.86. The summed E-state index contributed by atoms with van der Waals surface area (Å²) in [7, 11) is 1.73. The van der Waals surface area contributed by atoms with Gasteiger partial charge in [0.1, 0.15) is 0 Å². The number of carbonyl (C=O) groups is 1. The Labute approximate surface area is 169 Å². The number of aliphatic imine (C=N–C) groups is 1. The van der Waals surface area contributed by atoms with Gasteiger partial charge in [0.15, 0.2) is 5.96 Å². The first kappa shape index (κ1) is 20.1. The summed E-state index contributed by atoms with van der Waals surface area (Å²) in [6, 6.07) is 7.55. The Bertz CT molecular complexity index is 837. The van der Waals surface area contributed by atoms with E-state index in [1.807, 2.05) is 24.0 Å². The molecule has 2 heterocycles. The molecular formula is C19H25ClN6O2. The van der Waals surface area contributed by atoms with E-state index in [4.69, 9.17) is 16.1 Å². The van der Waals surface area contributed by atoms with Gasteiger partial charge in [-0.3, -0.25) is 9.79 Å². The summed E-state index contributed by atoms with van der Waals surface area (Å²) in [6.45, 7) is 3.98. The summed E-state index contributed by atoms with van der Waals surface area (Å²) < 4.78 is 5.31. The lowest BCUT2D eigenvalue weighted by atomic mass is 10.2. The van der Waals surface area contributed by atoms with Crippen LogP contribution in [0.15, 0.2) is 33.8 Å². The number of halogens is 1. The summed E-state index contributed by atoms with van der Waals surface area (Å²) in [5, 5.41) is 11.2. The molecule has 1 atom stereocenters. The van der Waals surface area contributed by atoms with Gasteiger partial charge in [0, 0.05) is 56.2 Å². The highest BCUT2D eigenvalue weighted by atomic mass is 35.5. The number of nitrogens with one attached hydrogen (secondary N) is 2. The van der Waals surface area contributed by atoms with Gasteiger partial charge < -0.3 is 20.1 Å². The molecule has 8 nitrogen and oxygen atoms in total. The number of nitrogens with zero attached hydrogens (tertiary/aromatic N) is 4. The predicted molar refractivity (Wildman–Crippen MR) is 108 cm³/mol. The van der Waals surface area contributed by atoms with Crippen LogP contribution in [0.2, 0.25) is 5.02 Å². The van der Waals surface area contributed by atoms with Gasteiger partial charge in [0.25, 0.3) is 0 Å². The SMILES string of the molecule is CCC(=O)N1CCC(NC(=NC)NCCc2nc(-c3cccc(Cl)c3)no2)C1. The van der Waals surface area contributed by atoms with E-state index in [-0.39, 0.29) is 11.9 Å². The monoisotopic (exact) mass is 404 g/mol. The first-order valence-corrected chi connectivity index (χ1v) is 9.80. The number of benzene rings is 1. The molecule has 1 saturated heterocycles. The van der Waals surface area contributed by atoms with Crippen LogP contribution in [0, 0.1) is 0 Å². The molecule has 2 N–H and O–H groups in total. The topological polar surface area (TPSA) is 95.7 Å². The number of hydrogen-bond donors (Lipinski definition) is 2. The molecule has 1 aliphatic heterocycles. The largest absolute Gasteiger partial charge is 0.356 e. The van der Waals surface area contributed by atoms with E-state index in [9.17, 15) is 4.79 Å². The maximum absolute atomic E-state index is 11.8. The second kappa shape index (κ2) is 9.54. The van der Waals surface area contributed by atoms with Crippen LogP contribution in [0.4, 0.5) is 0 Å². The van der Waals surface area contributed by atoms with Gasteiger partial charge in [-0.15, -0.1) is 0 Å². The molecule has 3 rings (SSSR count). The summed E-state index contributed by atoms with van der Waals surface area (Å²) in [4.78, 5) is 22.3. The molecular weight excluding hydrogens is 380 g/mol. The maximum Gasteiger partial charge on any atom is 0.228 e. The molecule has 0 spiro atoms. The van der Waals surface area contributed by atoms with Crippen LogP contribution in [0.1, 0.15) is 25.7 Å². The van der Waals surface area contributed by atoms with Crippen molar-refractivity contribution in [2.45, 2.75) is 32.2 Å². The quantitative estimate of drug-likeness (QED) is 0.565. The highest BCUT2D eigenvalue weighted by Crippen LogP contribution is 2.19. The van der Waals surface area contributed by atoms with Crippen molar-refractivity contribution >= 4 is 23.5 Å². The summed E-state index contributed by atoms with van der Waals surface area (Å²) >= 11 is 6.00. The van der Waals surface area contributed by atoms with E-state index in [1.54, 1.807) is 19.2 Å². The lowest BCUT2D eigenvalue weighted by molar-refractivity contribution is -0.129. The molecule has 1 aromatic heterocycles. The molecule has 0 saturated carbocycles. The zero-order valence-electron chi connectivity index (χ0n) is 16.1. The zero-order valence-corrected chi connectivity index (χ0v) is 16.9. The van der Waals surface area contributed by atoms with Crippen molar-refractivity contribution in [1.29, 1.82) is 0 Å². The molecule has 1 amide bonds. The van der Waals surface area contributed by atoms with Crippen molar-refractivity contribution in [1.82, 2.24) is 25.7 Å². The molecule has 1 fully saturated rings. The van der Waals surface area contributed by atoms with Gasteiger partial charge in [0.2, 0.25) is 17.6 Å². The van der Waals surface area contributed by atoms with E-state index in [2.05, 4.69) is 25.8 Å². The zero-order chi connectivity index (χ0) is 19.9. The first-order chi connectivity index (χ1) is 13.6. The lowest BCUT2D eigenvalue weighted by Crippen LogP contribution is -2.45.